The SMILES string of the molecule is COCC(=O)N1CCc2cc(NC(=O)C3CCN(S(C)(=O)=O)CC3)ccc21. The van der Waals surface area contributed by atoms with Crippen molar-refractivity contribution >= 4 is 33.2 Å². The lowest BCUT2D eigenvalue weighted by Crippen LogP contribution is -2.40. The summed E-state index contributed by atoms with van der Waals surface area (Å²) >= 11 is 0. The standard InChI is InChI=1S/C18H25N3O5S/c1-26-12-17(22)21-10-7-14-11-15(3-4-16(14)21)19-18(23)13-5-8-20(9-6-13)27(2,24)25/h3-4,11,13H,5-10,12H2,1-2H3,(H,19,23). The van der Waals surface area contributed by atoms with Gasteiger partial charge >= 0.3 is 0 Å². The van der Waals surface area contributed by atoms with Crippen molar-refractivity contribution in [1.29, 1.82) is 0 Å². The average Bonchev–Trinajstić information content (AvgIpc) is 3.04. The van der Waals surface area contributed by atoms with Crippen molar-refractivity contribution in [2.24, 2.45) is 5.92 Å². The van der Waals surface area contributed by atoms with E-state index in [0.29, 0.717) is 38.2 Å². The van der Waals surface area contributed by atoms with Crippen LogP contribution in [0.3, 0.4) is 0 Å². The number of anilines is 2. The predicted molar refractivity (Wildman–Crippen MR) is 102 cm³/mol. The zero-order chi connectivity index (χ0) is 19.6. The van der Waals surface area contributed by atoms with Crippen LogP contribution in [0.5, 0.6) is 0 Å². The van der Waals surface area contributed by atoms with E-state index in [1.807, 2.05) is 12.1 Å². The molecule has 9 heteroatoms. The quantitative estimate of drug-likeness (QED) is 0.797. The van der Waals surface area contributed by atoms with Crippen molar-refractivity contribution < 1.29 is 22.7 Å². The summed E-state index contributed by atoms with van der Waals surface area (Å²) in [4.78, 5) is 26.3. The minimum Gasteiger partial charge on any atom is -0.375 e. The summed E-state index contributed by atoms with van der Waals surface area (Å²) in [6, 6.07) is 5.54. The first-order valence-electron chi connectivity index (χ1n) is 8.98. The first kappa shape index (κ1) is 19.8. The van der Waals surface area contributed by atoms with Crippen LogP contribution in [0.25, 0.3) is 0 Å². The van der Waals surface area contributed by atoms with Crippen molar-refractivity contribution in [3.63, 3.8) is 0 Å². The maximum Gasteiger partial charge on any atom is 0.252 e. The number of nitrogens with one attached hydrogen (secondary N) is 1. The number of hydrogen-bond donors (Lipinski definition) is 1. The number of hydrogen-bond acceptors (Lipinski definition) is 5. The van der Waals surface area contributed by atoms with Gasteiger partial charge in [0.05, 0.1) is 6.26 Å². The predicted octanol–water partition coefficient (Wildman–Crippen LogP) is 0.832. The molecular weight excluding hydrogens is 370 g/mol. The van der Waals surface area contributed by atoms with Crippen LogP contribution in [0.15, 0.2) is 18.2 Å². The van der Waals surface area contributed by atoms with E-state index in [-0.39, 0.29) is 24.3 Å². The van der Waals surface area contributed by atoms with E-state index in [9.17, 15) is 18.0 Å². The molecule has 0 saturated carbocycles. The largest absolute Gasteiger partial charge is 0.375 e. The number of fused-ring (bicyclic) bond motifs is 1. The molecule has 0 atom stereocenters. The highest BCUT2D eigenvalue weighted by atomic mass is 32.2. The Morgan fingerprint density at radius 2 is 1.93 bits per heavy atom. The molecule has 8 nitrogen and oxygen atoms in total. The third-order valence-corrected chi connectivity index (χ3v) is 6.41. The van der Waals surface area contributed by atoms with Crippen LogP contribution in [-0.2, 0) is 30.8 Å². The Bertz CT molecular complexity index is 831. The smallest absolute Gasteiger partial charge is 0.252 e. The van der Waals surface area contributed by atoms with Crippen molar-refractivity contribution in [1.82, 2.24) is 4.31 Å². The van der Waals surface area contributed by atoms with Gasteiger partial charge in [-0.2, -0.15) is 0 Å². The fourth-order valence-electron chi connectivity index (χ4n) is 3.63. The summed E-state index contributed by atoms with van der Waals surface area (Å²) < 4.78 is 29.5. The Hall–Kier alpha value is -1.97. The van der Waals surface area contributed by atoms with Gasteiger partial charge in [-0.05, 0) is 43.0 Å². The number of rotatable bonds is 5. The Morgan fingerprint density at radius 1 is 1.22 bits per heavy atom. The Kier molecular flexibility index (Phi) is 5.83. The second kappa shape index (κ2) is 7.95. The molecule has 0 spiro atoms. The lowest BCUT2D eigenvalue weighted by molar-refractivity contribution is -0.122. The second-order valence-corrected chi connectivity index (χ2v) is 8.98. The molecule has 2 heterocycles. The third kappa shape index (κ3) is 4.48. The highest BCUT2D eigenvalue weighted by Gasteiger charge is 2.29. The van der Waals surface area contributed by atoms with Crippen molar-refractivity contribution in [2.45, 2.75) is 19.3 Å². The lowest BCUT2D eigenvalue weighted by Gasteiger charge is -2.29. The Labute approximate surface area is 159 Å². The molecule has 1 saturated heterocycles. The van der Waals surface area contributed by atoms with Gasteiger partial charge in [0.15, 0.2) is 0 Å². The minimum atomic E-state index is -3.20. The van der Waals surface area contributed by atoms with Crippen LogP contribution < -0.4 is 10.2 Å². The lowest BCUT2D eigenvalue weighted by atomic mass is 9.97. The molecule has 0 aromatic heterocycles. The summed E-state index contributed by atoms with van der Waals surface area (Å²) in [7, 11) is -1.70. The molecule has 0 radical (unpaired) electrons. The zero-order valence-electron chi connectivity index (χ0n) is 15.6. The van der Waals surface area contributed by atoms with Gasteiger partial charge in [-0.1, -0.05) is 0 Å². The average molecular weight is 395 g/mol. The van der Waals surface area contributed by atoms with Crippen LogP contribution in [0.2, 0.25) is 0 Å². The molecule has 2 aliphatic heterocycles. The van der Waals surface area contributed by atoms with E-state index >= 15 is 0 Å². The number of nitrogens with zero attached hydrogens (tertiary/aromatic N) is 2. The maximum absolute atomic E-state index is 12.5. The van der Waals surface area contributed by atoms with E-state index in [1.165, 1.54) is 17.7 Å². The summed E-state index contributed by atoms with van der Waals surface area (Å²) in [5.74, 6) is -0.366. The number of sulfonamides is 1. The Morgan fingerprint density at radius 3 is 2.56 bits per heavy atom. The van der Waals surface area contributed by atoms with E-state index < -0.39 is 10.0 Å². The van der Waals surface area contributed by atoms with Crippen LogP contribution in [0.1, 0.15) is 18.4 Å². The summed E-state index contributed by atoms with van der Waals surface area (Å²) in [5.41, 5.74) is 2.57. The van der Waals surface area contributed by atoms with Crippen molar-refractivity contribution in [2.75, 3.05) is 49.8 Å². The van der Waals surface area contributed by atoms with Crippen molar-refractivity contribution in [3.8, 4) is 0 Å². The summed E-state index contributed by atoms with van der Waals surface area (Å²) in [6.07, 6.45) is 2.96. The number of benzene rings is 1. The van der Waals surface area contributed by atoms with E-state index in [1.54, 1.807) is 11.0 Å². The molecular formula is C18H25N3O5S. The van der Waals surface area contributed by atoms with Gasteiger partial charge in [0.25, 0.3) is 5.91 Å². The van der Waals surface area contributed by atoms with E-state index in [2.05, 4.69) is 5.32 Å². The molecule has 2 amide bonds. The van der Waals surface area contributed by atoms with Crippen molar-refractivity contribution in [3.05, 3.63) is 23.8 Å². The maximum atomic E-state index is 12.5. The molecule has 1 fully saturated rings. The topological polar surface area (TPSA) is 96.0 Å². The fraction of sp³-hybridized carbons (Fsp3) is 0.556. The molecule has 0 bridgehead atoms. The van der Waals surface area contributed by atoms with Crippen LogP contribution >= 0.6 is 0 Å². The van der Waals surface area contributed by atoms with Gasteiger partial charge in [-0.3, -0.25) is 9.59 Å². The fourth-order valence-corrected chi connectivity index (χ4v) is 4.51. The van der Waals surface area contributed by atoms with Crippen LogP contribution in [0.4, 0.5) is 11.4 Å². The second-order valence-electron chi connectivity index (χ2n) is 7.00. The summed E-state index contributed by atoms with van der Waals surface area (Å²) in [5, 5.41) is 2.93. The molecule has 148 valence electrons. The molecule has 1 aromatic rings. The molecule has 0 aliphatic carbocycles. The van der Waals surface area contributed by atoms with Gasteiger partial charge < -0.3 is 15.0 Å². The number of carbonyl (C=O) groups is 2. The number of carbonyl (C=O) groups excluding carboxylic acids is 2. The highest BCUT2D eigenvalue weighted by molar-refractivity contribution is 7.88. The summed E-state index contributed by atoms with van der Waals surface area (Å²) in [6.45, 7) is 1.40. The monoisotopic (exact) mass is 395 g/mol. The van der Waals surface area contributed by atoms with Gasteiger partial charge in [-0.25, -0.2) is 12.7 Å². The molecule has 1 aromatic carbocycles. The van der Waals surface area contributed by atoms with Gasteiger partial charge in [0.1, 0.15) is 6.61 Å². The van der Waals surface area contributed by atoms with Gasteiger partial charge in [-0.15, -0.1) is 0 Å². The minimum absolute atomic E-state index is 0.0457. The van der Waals surface area contributed by atoms with Crippen LogP contribution in [-0.4, -0.2) is 64.1 Å². The van der Waals surface area contributed by atoms with Crippen LogP contribution in [0, 0.1) is 5.92 Å². The molecule has 1 N–H and O–H groups in total. The first-order valence-corrected chi connectivity index (χ1v) is 10.8. The molecule has 3 rings (SSSR count). The highest BCUT2D eigenvalue weighted by Crippen LogP contribution is 2.31. The van der Waals surface area contributed by atoms with E-state index in [0.717, 1.165) is 17.7 Å². The number of amides is 2. The number of ether oxygens (including phenoxy) is 1. The molecule has 0 unspecified atom stereocenters. The van der Waals surface area contributed by atoms with Gasteiger partial charge in [0, 0.05) is 44.0 Å². The van der Waals surface area contributed by atoms with E-state index in [4.69, 9.17) is 4.74 Å². The molecule has 2 aliphatic rings. The first-order chi connectivity index (χ1) is 12.8. The zero-order valence-corrected chi connectivity index (χ0v) is 16.4. The Balaban J connectivity index is 1.61. The third-order valence-electron chi connectivity index (χ3n) is 5.11. The number of methoxy groups -OCH3 is 1. The molecule has 27 heavy (non-hydrogen) atoms. The van der Waals surface area contributed by atoms with Gasteiger partial charge in [0.2, 0.25) is 15.9 Å². The normalized spacial score (nSPS) is 18.4. The number of piperidine rings is 1.